The standard InChI is InChI=1S/C26H22Cl2N4S/c1-4-14-32-17(2)29-23-16-22(27)24(28)21(25(23)32)15-18-10-12-19(13-11-18)30-26(33)31(3)20-8-6-5-7-9-20/h1,5-13,16H,14-15H2,2-3H3,(H,30,33)/p+1. The molecule has 0 spiro atoms. The summed E-state index contributed by atoms with van der Waals surface area (Å²) >= 11 is 18.6. The number of aromatic amines is 1. The number of nitrogens with one attached hydrogen (secondary N) is 2. The molecule has 166 valence electrons. The van der Waals surface area contributed by atoms with Gasteiger partial charge in [-0.1, -0.05) is 59.5 Å². The van der Waals surface area contributed by atoms with Crippen LogP contribution in [0.25, 0.3) is 11.0 Å². The summed E-state index contributed by atoms with van der Waals surface area (Å²) in [5, 5.41) is 4.96. The second kappa shape index (κ2) is 9.84. The van der Waals surface area contributed by atoms with E-state index in [2.05, 4.69) is 32.9 Å². The number of benzene rings is 3. The van der Waals surface area contributed by atoms with Gasteiger partial charge in [-0.3, -0.25) is 0 Å². The van der Waals surface area contributed by atoms with E-state index in [0.717, 1.165) is 39.4 Å². The number of nitrogens with zero attached hydrogens (tertiary/aromatic N) is 2. The van der Waals surface area contributed by atoms with Crippen molar-refractivity contribution in [3.63, 3.8) is 0 Å². The number of aromatic nitrogens is 2. The fourth-order valence-corrected chi connectivity index (χ4v) is 4.50. The number of fused-ring (bicyclic) bond motifs is 1. The lowest BCUT2D eigenvalue weighted by atomic mass is 10.0. The molecule has 3 aromatic carbocycles. The van der Waals surface area contributed by atoms with Crippen molar-refractivity contribution in [3.8, 4) is 12.3 Å². The quantitative estimate of drug-likeness (QED) is 0.199. The third kappa shape index (κ3) is 4.84. The summed E-state index contributed by atoms with van der Waals surface area (Å²) in [6.45, 7) is 2.44. The van der Waals surface area contributed by atoms with Crippen LogP contribution in [-0.2, 0) is 13.0 Å². The Kier molecular flexibility index (Phi) is 6.90. The van der Waals surface area contributed by atoms with Gasteiger partial charge in [0.05, 0.1) is 10.0 Å². The third-order valence-electron chi connectivity index (χ3n) is 5.56. The van der Waals surface area contributed by atoms with Crippen LogP contribution in [0.5, 0.6) is 0 Å². The first kappa shape index (κ1) is 23.1. The highest BCUT2D eigenvalue weighted by atomic mass is 35.5. The molecular weight excluding hydrogens is 471 g/mol. The van der Waals surface area contributed by atoms with Crippen molar-refractivity contribution in [3.05, 3.63) is 87.7 Å². The van der Waals surface area contributed by atoms with Crippen LogP contribution in [0.15, 0.2) is 60.7 Å². The molecule has 0 saturated carbocycles. The van der Waals surface area contributed by atoms with Crippen molar-refractivity contribution < 1.29 is 4.57 Å². The molecular formula is C26H23Cl2N4S+. The number of halogens is 2. The summed E-state index contributed by atoms with van der Waals surface area (Å²) in [6, 6.07) is 20.0. The van der Waals surface area contributed by atoms with E-state index in [4.69, 9.17) is 41.8 Å². The predicted octanol–water partition coefficient (Wildman–Crippen LogP) is 6.13. The first-order valence-electron chi connectivity index (χ1n) is 10.4. The molecule has 1 heterocycles. The van der Waals surface area contributed by atoms with Gasteiger partial charge in [-0.15, -0.1) is 6.42 Å². The zero-order valence-electron chi connectivity index (χ0n) is 18.3. The lowest BCUT2D eigenvalue weighted by Gasteiger charge is -2.21. The Morgan fingerprint density at radius 1 is 1.15 bits per heavy atom. The van der Waals surface area contributed by atoms with Crippen molar-refractivity contribution in [2.45, 2.75) is 19.9 Å². The minimum Gasteiger partial charge on any atom is -0.332 e. The molecule has 33 heavy (non-hydrogen) atoms. The summed E-state index contributed by atoms with van der Waals surface area (Å²) in [5.41, 5.74) is 5.87. The van der Waals surface area contributed by atoms with Gasteiger partial charge in [0.2, 0.25) is 0 Å². The van der Waals surface area contributed by atoms with E-state index < -0.39 is 0 Å². The average Bonchev–Trinajstić information content (AvgIpc) is 3.12. The Balaban J connectivity index is 1.58. The van der Waals surface area contributed by atoms with Gasteiger partial charge in [-0.25, -0.2) is 9.55 Å². The van der Waals surface area contributed by atoms with Crippen LogP contribution in [0.3, 0.4) is 0 Å². The van der Waals surface area contributed by atoms with Gasteiger partial charge in [0.15, 0.2) is 22.7 Å². The molecule has 0 saturated heterocycles. The van der Waals surface area contributed by atoms with Crippen LogP contribution in [-0.4, -0.2) is 17.1 Å². The minimum atomic E-state index is 0.450. The van der Waals surface area contributed by atoms with Crippen LogP contribution in [0, 0.1) is 19.3 Å². The lowest BCUT2D eigenvalue weighted by molar-refractivity contribution is -0.665. The topological polar surface area (TPSA) is 34.9 Å². The Labute approximate surface area is 209 Å². The number of imidazole rings is 1. The first-order chi connectivity index (χ1) is 15.9. The van der Waals surface area contributed by atoms with E-state index in [1.54, 1.807) is 0 Å². The average molecular weight is 494 g/mol. The second-order valence-corrected chi connectivity index (χ2v) is 8.92. The normalized spacial score (nSPS) is 10.8. The number of hydrogen-bond donors (Lipinski definition) is 2. The van der Waals surface area contributed by atoms with Crippen molar-refractivity contribution in [1.82, 2.24) is 4.98 Å². The SMILES string of the molecule is C#CC[n+]1c(C)[nH]c2cc(Cl)c(Cl)c(Cc3ccc(NC(=S)N(C)c4ccccc4)cc3)c21. The van der Waals surface area contributed by atoms with Gasteiger partial charge in [0.25, 0.3) is 5.82 Å². The number of terminal acetylenes is 1. The first-order valence-corrected chi connectivity index (χ1v) is 11.6. The molecule has 4 aromatic rings. The van der Waals surface area contributed by atoms with Crippen LogP contribution in [0.2, 0.25) is 10.0 Å². The Hall–Kier alpha value is -3.04. The fourth-order valence-electron chi connectivity index (χ4n) is 3.84. The second-order valence-electron chi connectivity index (χ2n) is 7.75. The predicted molar refractivity (Wildman–Crippen MR) is 142 cm³/mol. The smallest absolute Gasteiger partial charge is 0.252 e. The molecule has 0 amide bonds. The van der Waals surface area contributed by atoms with Crippen LogP contribution in [0.1, 0.15) is 17.0 Å². The van der Waals surface area contributed by atoms with Crippen molar-refractivity contribution in [2.24, 2.45) is 0 Å². The Morgan fingerprint density at radius 3 is 2.52 bits per heavy atom. The van der Waals surface area contributed by atoms with Crippen molar-refractivity contribution in [2.75, 3.05) is 17.3 Å². The fraction of sp³-hybridized carbons (Fsp3) is 0.154. The van der Waals surface area contributed by atoms with Gasteiger partial charge >= 0.3 is 0 Å². The van der Waals surface area contributed by atoms with E-state index >= 15 is 0 Å². The number of rotatable bonds is 5. The van der Waals surface area contributed by atoms with Crippen LogP contribution < -0.4 is 14.8 Å². The highest BCUT2D eigenvalue weighted by Crippen LogP contribution is 2.33. The number of thiocarbonyl (C=S) groups is 1. The van der Waals surface area contributed by atoms with Crippen molar-refractivity contribution in [1.29, 1.82) is 0 Å². The summed E-state index contributed by atoms with van der Waals surface area (Å²) < 4.78 is 2.06. The molecule has 0 atom stereocenters. The number of anilines is 2. The van der Waals surface area contributed by atoms with Crippen LogP contribution >= 0.6 is 35.4 Å². The summed E-state index contributed by atoms with van der Waals surface area (Å²) in [6.07, 6.45) is 6.22. The Bertz CT molecular complexity index is 1360. The number of hydrogen-bond acceptors (Lipinski definition) is 1. The molecule has 0 aliphatic carbocycles. The largest absolute Gasteiger partial charge is 0.332 e. The summed E-state index contributed by atoms with van der Waals surface area (Å²) in [5.74, 6) is 3.67. The number of aryl methyl sites for hydroxylation is 1. The highest BCUT2D eigenvalue weighted by Gasteiger charge is 2.23. The van der Waals surface area contributed by atoms with Gasteiger partial charge in [0, 0.05) is 43.4 Å². The molecule has 0 radical (unpaired) electrons. The van der Waals surface area contributed by atoms with E-state index in [9.17, 15) is 0 Å². The van der Waals surface area contributed by atoms with Crippen LogP contribution in [0.4, 0.5) is 11.4 Å². The van der Waals surface area contributed by atoms with E-state index in [1.807, 2.05) is 67.4 Å². The van der Waals surface area contributed by atoms with Gasteiger partial charge in [-0.2, -0.15) is 0 Å². The molecule has 4 nitrogen and oxygen atoms in total. The zero-order chi connectivity index (χ0) is 23.5. The molecule has 0 unspecified atom stereocenters. The molecule has 2 N–H and O–H groups in total. The van der Waals surface area contributed by atoms with Gasteiger partial charge in [-0.05, 0) is 42.0 Å². The maximum Gasteiger partial charge on any atom is 0.252 e. The van der Waals surface area contributed by atoms with E-state index in [0.29, 0.717) is 28.1 Å². The van der Waals surface area contributed by atoms with Crippen molar-refractivity contribution >= 4 is 62.9 Å². The highest BCUT2D eigenvalue weighted by molar-refractivity contribution is 7.80. The molecule has 0 bridgehead atoms. The summed E-state index contributed by atoms with van der Waals surface area (Å²) in [7, 11) is 1.94. The molecule has 7 heteroatoms. The zero-order valence-corrected chi connectivity index (χ0v) is 20.7. The molecule has 0 fully saturated rings. The molecule has 0 aliphatic rings. The molecule has 1 aromatic heterocycles. The molecule has 4 rings (SSSR count). The monoisotopic (exact) mass is 493 g/mol. The maximum absolute atomic E-state index is 6.65. The minimum absolute atomic E-state index is 0.450. The lowest BCUT2D eigenvalue weighted by Crippen LogP contribution is -2.35. The number of para-hydroxylation sites is 1. The summed E-state index contributed by atoms with van der Waals surface area (Å²) in [4.78, 5) is 5.29. The maximum atomic E-state index is 6.65. The van der Waals surface area contributed by atoms with Gasteiger partial charge in [0.1, 0.15) is 0 Å². The number of H-pyrrole nitrogens is 1. The Morgan fingerprint density at radius 2 is 1.85 bits per heavy atom. The van der Waals surface area contributed by atoms with Gasteiger partial charge < -0.3 is 10.2 Å². The van der Waals surface area contributed by atoms with E-state index in [-0.39, 0.29) is 0 Å². The third-order valence-corrected chi connectivity index (χ3v) is 6.76. The molecule has 0 aliphatic heterocycles. The van der Waals surface area contributed by atoms with E-state index in [1.165, 1.54) is 0 Å².